The zero-order valence-corrected chi connectivity index (χ0v) is 14.5. The van der Waals surface area contributed by atoms with Gasteiger partial charge >= 0.3 is 6.18 Å². The van der Waals surface area contributed by atoms with Gasteiger partial charge in [0.05, 0.1) is 16.5 Å². The Balaban J connectivity index is 1.70. The van der Waals surface area contributed by atoms with Crippen molar-refractivity contribution in [3.63, 3.8) is 0 Å². The first-order valence-corrected chi connectivity index (χ1v) is 8.66. The van der Waals surface area contributed by atoms with Crippen molar-refractivity contribution < 1.29 is 22.8 Å². The third-order valence-electron chi connectivity index (χ3n) is 3.92. The van der Waals surface area contributed by atoms with Crippen LogP contribution in [0.2, 0.25) is 0 Å². The maximum atomic E-state index is 12.8. The van der Waals surface area contributed by atoms with Crippen LogP contribution in [0, 0.1) is 6.92 Å². The van der Waals surface area contributed by atoms with E-state index in [1.54, 1.807) is 12.1 Å². The summed E-state index contributed by atoms with van der Waals surface area (Å²) < 4.78 is 38.3. The summed E-state index contributed by atoms with van der Waals surface area (Å²) in [5, 5.41) is 4.51. The van der Waals surface area contributed by atoms with Crippen LogP contribution in [0.5, 0.6) is 0 Å². The Bertz CT molecular complexity index is 868. The molecular formula is C18H15F3N2O2S. The minimum absolute atomic E-state index is 0.0781. The zero-order valence-electron chi connectivity index (χ0n) is 13.7. The molecule has 0 aromatic heterocycles. The van der Waals surface area contributed by atoms with Gasteiger partial charge in [-0.1, -0.05) is 18.2 Å². The van der Waals surface area contributed by atoms with Gasteiger partial charge in [0, 0.05) is 17.0 Å². The molecule has 1 aliphatic rings. The lowest BCUT2D eigenvalue weighted by Gasteiger charge is -2.24. The lowest BCUT2D eigenvalue weighted by Crippen LogP contribution is -2.32. The number of alkyl halides is 3. The van der Waals surface area contributed by atoms with E-state index < -0.39 is 22.9 Å². The second-order valence-corrected chi connectivity index (χ2v) is 7.12. The number of carbonyl (C=O) groups is 2. The smallest absolute Gasteiger partial charge is 0.326 e. The van der Waals surface area contributed by atoms with Gasteiger partial charge in [-0.3, -0.25) is 9.59 Å². The van der Waals surface area contributed by atoms with Gasteiger partial charge in [0.25, 0.3) is 0 Å². The molecule has 26 heavy (non-hydrogen) atoms. The molecule has 2 aromatic carbocycles. The number of halogens is 3. The van der Waals surface area contributed by atoms with Gasteiger partial charge in [-0.05, 0) is 36.8 Å². The van der Waals surface area contributed by atoms with E-state index in [2.05, 4.69) is 10.6 Å². The molecule has 0 saturated carbocycles. The van der Waals surface area contributed by atoms with Crippen LogP contribution in [0.4, 0.5) is 24.5 Å². The molecule has 8 heteroatoms. The number of amides is 2. The highest BCUT2D eigenvalue weighted by atomic mass is 32.2. The Morgan fingerprint density at radius 2 is 1.96 bits per heavy atom. The van der Waals surface area contributed by atoms with Crippen LogP contribution in [0.3, 0.4) is 0 Å². The fourth-order valence-electron chi connectivity index (χ4n) is 2.54. The average Bonchev–Trinajstić information content (AvgIpc) is 2.56. The quantitative estimate of drug-likeness (QED) is 0.827. The lowest BCUT2D eigenvalue weighted by molar-refractivity contribution is -0.137. The third-order valence-corrected chi connectivity index (χ3v) is 5.19. The van der Waals surface area contributed by atoms with Gasteiger partial charge in [0.15, 0.2) is 0 Å². The molecule has 2 amide bonds. The van der Waals surface area contributed by atoms with Gasteiger partial charge in [0.2, 0.25) is 11.8 Å². The maximum Gasteiger partial charge on any atom is 0.416 e. The molecule has 1 atom stereocenters. The number of thioether (sulfide) groups is 1. The van der Waals surface area contributed by atoms with Gasteiger partial charge in [-0.15, -0.1) is 11.8 Å². The average molecular weight is 380 g/mol. The first kappa shape index (κ1) is 18.3. The highest BCUT2D eigenvalue weighted by molar-refractivity contribution is 8.01. The predicted octanol–water partition coefficient (Wildman–Crippen LogP) is 4.46. The molecule has 4 nitrogen and oxygen atoms in total. The van der Waals surface area contributed by atoms with Crippen LogP contribution in [0.15, 0.2) is 47.4 Å². The Kier molecular flexibility index (Phi) is 4.95. The largest absolute Gasteiger partial charge is 0.416 e. The van der Waals surface area contributed by atoms with E-state index in [1.807, 2.05) is 19.1 Å². The minimum atomic E-state index is -4.48. The fraction of sp³-hybridized carbons (Fsp3) is 0.222. The van der Waals surface area contributed by atoms with Gasteiger partial charge in [-0.2, -0.15) is 13.2 Å². The predicted molar refractivity (Wildman–Crippen MR) is 94.1 cm³/mol. The molecule has 1 aliphatic heterocycles. The Labute approximate surface area is 152 Å². The van der Waals surface area contributed by atoms with Gasteiger partial charge in [-0.25, -0.2) is 0 Å². The second kappa shape index (κ2) is 7.03. The number of rotatable bonds is 3. The Hall–Kier alpha value is -2.48. The number of anilines is 2. The third kappa shape index (κ3) is 4.01. The first-order chi connectivity index (χ1) is 12.2. The standard InChI is InChI=1S/C18H15F3N2O2S/c1-10-4-2-3-5-12(10)22-16(24)9-15-17(25)23-13-8-11(18(19,20)21)6-7-14(13)26-15/h2-8,15H,9H2,1H3,(H,22,24)(H,23,25)/t15-/m1/s1. The Morgan fingerprint density at radius 3 is 2.65 bits per heavy atom. The molecule has 2 N–H and O–H groups in total. The van der Waals surface area contributed by atoms with Crippen LogP contribution in [-0.4, -0.2) is 17.1 Å². The van der Waals surface area contributed by atoms with Crippen molar-refractivity contribution in [3.05, 3.63) is 53.6 Å². The molecule has 0 spiro atoms. The summed E-state index contributed by atoms with van der Waals surface area (Å²) >= 11 is 1.09. The van der Waals surface area contributed by atoms with Crippen molar-refractivity contribution in [1.82, 2.24) is 0 Å². The molecule has 136 valence electrons. The minimum Gasteiger partial charge on any atom is -0.326 e. The molecule has 1 heterocycles. The summed E-state index contributed by atoms with van der Waals surface area (Å²) in [4.78, 5) is 24.9. The van der Waals surface area contributed by atoms with Crippen LogP contribution in [0.25, 0.3) is 0 Å². The SMILES string of the molecule is Cc1ccccc1NC(=O)C[C@H]1Sc2ccc(C(F)(F)F)cc2NC1=O. The van der Waals surface area contributed by atoms with Crippen molar-refractivity contribution in [2.45, 2.75) is 29.7 Å². The van der Waals surface area contributed by atoms with Crippen molar-refractivity contribution in [2.24, 2.45) is 0 Å². The molecule has 0 aliphatic carbocycles. The topological polar surface area (TPSA) is 58.2 Å². The number of benzene rings is 2. The van der Waals surface area contributed by atoms with Crippen LogP contribution >= 0.6 is 11.8 Å². The van der Waals surface area contributed by atoms with E-state index in [4.69, 9.17) is 0 Å². The number of carbonyl (C=O) groups excluding carboxylic acids is 2. The maximum absolute atomic E-state index is 12.8. The summed E-state index contributed by atoms with van der Waals surface area (Å²) in [7, 11) is 0. The molecule has 0 radical (unpaired) electrons. The number of nitrogens with one attached hydrogen (secondary N) is 2. The molecule has 0 unspecified atom stereocenters. The van der Waals surface area contributed by atoms with E-state index in [9.17, 15) is 22.8 Å². The van der Waals surface area contributed by atoms with Crippen LogP contribution < -0.4 is 10.6 Å². The summed E-state index contributed by atoms with van der Waals surface area (Å²) in [5.41, 5.74) is 0.846. The summed E-state index contributed by atoms with van der Waals surface area (Å²) in [6, 6.07) is 10.4. The van der Waals surface area contributed by atoms with E-state index in [0.717, 1.165) is 29.5 Å². The number of aryl methyl sites for hydroxylation is 1. The summed E-state index contributed by atoms with van der Waals surface area (Å²) in [5.74, 6) is -0.816. The van der Waals surface area contributed by atoms with Gasteiger partial charge < -0.3 is 10.6 Å². The highest BCUT2D eigenvalue weighted by Crippen LogP contribution is 2.40. The molecule has 2 aromatic rings. The number of hydrogen-bond acceptors (Lipinski definition) is 3. The van der Waals surface area contributed by atoms with Crippen LogP contribution in [0.1, 0.15) is 17.5 Å². The molecule has 3 rings (SSSR count). The summed E-state index contributed by atoms with van der Waals surface area (Å²) in [6.07, 6.45) is -4.56. The number of fused-ring (bicyclic) bond motifs is 1. The van der Waals surface area contributed by atoms with Crippen molar-refractivity contribution in [1.29, 1.82) is 0 Å². The second-order valence-electron chi connectivity index (χ2n) is 5.87. The summed E-state index contributed by atoms with van der Waals surface area (Å²) in [6.45, 7) is 1.85. The highest BCUT2D eigenvalue weighted by Gasteiger charge is 2.34. The van der Waals surface area contributed by atoms with Crippen molar-refractivity contribution >= 4 is 35.0 Å². The van der Waals surface area contributed by atoms with E-state index in [1.165, 1.54) is 6.07 Å². The van der Waals surface area contributed by atoms with E-state index in [-0.39, 0.29) is 18.0 Å². The lowest BCUT2D eigenvalue weighted by atomic mass is 10.1. The van der Waals surface area contributed by atoms with Crippen molar-refractivity contribution in [3.8, 4) is 0 Å². The Morgan fingerprint density at radius 1 is 1.23 bits per heavy atom. The number of para-hydroxylation sites is 1. The number of hydrogen-bond donors (Lipinski definition) is 2. The zero-order chi connectivity index (χ0) is 18.9. The van der Waals surface area contributed by atoms with Crippen LogP contribution in [-0.2, 0) is 15.8 Å². The van der Waals surface area contributed by atoms with Crippen molar-refractivity contribution in [2.75, 3.05) is 10.6 Å². The molecule has 0 saturated heterocycles. The molecular weight excluding hydrogens is 365 g/mol. The molecule has 0 bridgehead atoms. The monoisotopic (exact) mass is 380 g/mol. The fourth-order valence-corrected chi connectivity index (χ4v) is 3.63. The van der Waals surface area contributed by atoms with E-state index >= 15 is 0 Å². The van der Waals surface area contributed by atoms with Gasteiger partial charge in [0.1, 0.15) is 0 Å². The normalized spacial score (nSPS) is 16.6. The van der Waals surface area contributed by atoms with E-state index in [0.29, 0.717) is 10.6 Å². The first-order valence-electron chi connectivity index (χ1n) is 7.78. The molecule has 0 fully saturated rings.